The first-order valence-corrected chi connectivity index (χ1v) is 7.07. The van der Waals surface area contributed by atoms with Gasteiger partial charge in [0.05, 0.1) is 24.4 Å². The lowest BCUT2D eigenvalue weighted by atomic mass is 9.92. The van der Waals surface area contributed by atoms with Gasteiger partial charge in [0.25, 0.3) is 5.91 Å². The van der Waals surface area contributed by atoms with Gasteiger partial charge in [-0.2, -0.15) is 5.10 Å². The summed E-state index contributed by atoms with van der Waals surface area (Å²) in [4.78, 5) is 36.1. The molecule has 1 atom stereocenters. The average molecular weight is 307 g/mol. The zero-order valence-corrected chi connectivity index (χ0v) is 13.2. The quantitative estimate of drug-likeness (QED) is 0.694. The molecule has 0 aliphatic carbocycles. The molecule has 2 rings (SSSR count). The van der Waals surface area contributed by atoms with Crippen molar-refractivity contribution in [3.05, 3.63) is 17.5 Å². The Kier molecular flexibility index (Phi) is 4.20. The van der Waals surface area contributed by atoms with Crippen LogP contribution in [-0.4, -0.2) is 46.0 Å². The van der Waals surface area contributed by atoms with Crippen LogP contribution in [0.25, 0.3) is 0 Å². The number of nitrogens with zero attached hydrogens (tertiary/aromatic N) is 2. The van der Waals surface area contributed by atoms with Crippen molar-refractivity contribution in [3.8, 4) is 0 Å². The van der Waals surface area contributed by atoms with Gasteiger partial charge in [0.1, 0.15) is 6.04 Å². The minimum Gasteiger partial charge on any atom is -0.340 e. The minimum absolute atomic E-state index is 0.0612. The first-order valence-electron chi connectivity index (χ1n) is 7.07. The van der Waals surface area contributed by atoms with Crippen LogP contribution < -0.4 is 10.6 Å². The number of hydrogen-bond acceptors (Lipinski definition) is 4. The summed E-state index contributed by atoms with van der Waals surface area (Å²) in [5.74, 6) is -0.697. The number of nitrogens with one attached hydrogen (secondary N) is 3. The van der Waals surface area contributed by atoms with Crippen molar-refractivity contribution in [1.82, 2.24) is 25.7 Å². The molecule has 1 saturated heterocycles. The number of amides is 4. The van der Waals surface area contributed by atoms with Crippen LogP contribution in [0.15, 0.2) is 6.07 Å². The first kappa shape index (κ1) is 16.0. The molecule has 0 bridgehead atoms. The van der Waals surface area contributed by atoms with E-state index in [1.54, 1.807) is 7.05 Å². The Morgan fingerprint density at radius 3 is 2.55 bits per heavy atom. The summed E-state index contributed by atoms with van der Waals surface area (Å²) in [5, 5.41) is 11.7. The number of H-pyrrole nitrogens is 1. The molecule has 8 heteroatoms. The molecule has 1 aromatic rings. The highest BCUT2D eigenvalue weighted by Crippen LogP contribution is 2.20. The second kappa shape index (κ2) is 5.78. The van der Waals surface area contributed by atoms with E-state index in [1.807, 2.05) is 6.07 Å². The van der Waals surface area contributed by atoms with Gasteiger partial charge in [0.2, 0.25) is 5.91 Å². The SMILES string of the molecule is CN(Cc1cc(C(C)(C)C)n[nH]1)C(=O)C[C@@H]1NC(=O)NC1=O. The van der Waals surface area contributed by atoms with E-state index < -0.39 is 18.0 Å². The van der Waals surface area contributed by atoms with Crippen molar-refractivity contribution >= 4 is 17.8 Å². The van der Waals surface area contributed by atoms with Gasteiger partial charge in [-0.1, -0.05) is 20.8 Å². The van der Waals surface area contributed by atoms with Crippen LogP contribution in [-0.2, 0) is 21.5 Å². The highest BCUT2D eigenvalue weighted by atomic mass is 16.2. The first-order chi connectivity index (χ1) is 10.2. The third-order valence-electron chi connectivity index (χ3n) is 3.47. The van der Waals surface area contributed by atoms with Gasteiger partial charge in [0, 0.05) is 12.5 Å². The fourth-order valence-corrected chi connectivity index (χ4v) is 2.10. The smallest absolute Gasteiger partial charge is 0.322 e. The molecule has 1 aliphatic heterocycles. The number of carbonyl (C=O) groups is 3. The Morgan fingerprint density at radius 2 is 2.05 bits per heavy atom. The molecule has 0 unspecified atom stereocenters. The van der Waals surface area contributed by atoms with Crippen molar-refractivity contribution < 1.29 is 14.4 Å². The molecule has 1 aromatic heterocycles. The maximum atomic E-state index is 12.1. The molecule has 0 saturated carbocycles. The molecule has 0 spiro atoms. The van der Waals surface area contributed by atoms with Crippen LogP contribution >= 0.6 is 0 Å². The van der Waals surface area contributed by atoms with E-state index in [-0.39, 0.29) is 17.7 Å². The zero-order valence-electron chi connectivity index (χ0n) is 13.2. The van der Waals surface area contributed by atoms with E-state index in [4.69, 9.17) is 0 Å². The van der Waals surface area contributed by atoms with Gasteiger partial charge in [-0.25, -0.2) is 4.79 Å². The Hall–Kier alpha value is -2.38. The van der Waals surface area contributed by atoms with Crippen LogP contribution in [0.4, 0.5) is 4.79 Å². The fourth-order valence-electron chi connectivity index (χ4n) is 2.10. The van der Waals surface area contributed by atoms with Crippen molar-refractivity contribution in [2.45, 2.75) is 45.2 Å². The number of aromatic nitrogens is 2. The van der Waals surface area contributed by atoms with Crippen molar-refractivity contribution in [2.75, 3.05) is 7.05 Å². The van der Waals surface area contributed by atoms with Crippen LogP contribution in [0, 0.1) is 0 Å². The van der Waals surface area contributed by atoms with E-state index in [0.29, 0.717) is 6.54 Å². The number of rotatable bonds is 4. The number of urea groups is 1. The Balaban J connectivity index is 1.93. The molecule has 2 heterocycles. The van der Waals surface area contributed by atoms with Gasteiger partial charge in [-0.3, -0.25) is 20.0 Å². The molecule has 0 radical (unpaired) electrons. The number of imide groups is 1. The molecule has 22 heavy (non-hydrogen) atoms. The van der Waals surface area contributed by atoms with Gasteiger partial charge >= 0.3 is 6.03 Å². The van der Waals surface area contributed by atoms with Crippen LogP contribution in [0.1, 0.15) is 38.6 Å². The third-order valence-corrected chi connectivity index (χ3v) is 3.47. The van der Waals surface area contributed by atoms with Gasteiger partial charge < -0.3 is 10.2 Å². The zero-order chi connectivity index (χ0) is 16.5. The normalized spacial score (nSPS) is 18.1. The molecule has 4 amide bonds. The lowest BCUT2D eigenvalue weighted by Gasteiger charge is -2.17. The second-order valence-electron chi connectivity index (χ2n) is 6.50. The summed E-state index contributed by atoms with van der Waals surface area (Å²) >= 11 is 0. The van der Waals surface area contributed by atoms with Crippen molar-refractivity contribution in [3.63, 3.8) is 0 Å². The summed E-state index contributed by atoms with van der Waals surface area (Å²) < 4.78 is 0. The lowest BCUT2D eigenvalue weighted by molar-refractivity contribution is -0.133. The lowest BCUT2D eigenvalue weighted by Crippen LogP contribution is -2.37. The summed E-state index contributed by atoms with van der Waals surface area (Å²) in [5.41, 5.74) is 1.68. The van der Waals surface area contributed by atoms with E-state index in [2.05, 4.69) is 41.6 Å². The van der Waals surface area contributed by atoms with E-state index in [9.17, 15) is 14.4 Å². The van der Waals surface area contributed by atoms with Gasteiger partial charge in [0.15, 0.2) is 0 Å². The molecule has 0 aromatic carbocycles. The summed E-state index contributed by atoms with van der Waals surface area (Å²) in [6, 6.07) is 0.566. The number of carbonyl (C=O) groups excluding carboxylic acids is 3. The van der Waals surface area contributed by atoms with E-state index in [0.717, 1.165) is 11.4 Å². The summed E-state index contributed by atoms with van der Waals surface area (Å²) in [6.45, 7) is 6.54. The van der Waals surface area contributed by atoms with Gasteiger partial charge in [-0.15, -0.1) is 0 Å². The monoisotopic (exact) mass is 307 g/mol. The van der Waals surface area contributed by atoms with Crippen LogP contribution in [0.3, 0.4) is 0 Å². The molecule has 1 fully saturated rings. The maximum absolute atomic E-state index is 12.1. The van der Waals surface area contributed by atoms with E-state index in [1.165, 1.54) is 4.90 Å². The van der Waals surface area contributed by atoms with E-state index >= 15 is 0 Å². The Morgan fingerprint density at radius 1 is 1.36 bits per heavy atom. The molecule has 1 aliphatic rings. The topological polar surface area (TPSA) is 107 Å². The average Bonchev–Trinajstić information content (AvgIpc) is 2.96. The Labute approximate surface area is 128 Å². The fraction of sp³-hybridized carbons (Fsp3) is 0.571. The molecule has 8 nitrogen and oxygen atoms in total. The van der Waals surface area contributed by atoms with Crippen LogP contribution in [0.5, 0.6) is 0 Å². The van der Waals surface area contributed by atoms with Crippen molar-refractivity contribution in [2.24, 2.45) is 0 Å². The van der Waals surface area contributed by atoms with Crippen LogP contribution in [0.2, 0.25) is 0 Å². The molecular formula is C14H21N5O3. The molecule has 3 N–H and O–H groups in total. The minimum atomic E-state index is -0.797. The standard InChI is InChI=1S/C14H21N5O3/c1-14(2,3)10-5-8(17-18-10)7-19(4)11(20)6-9-12(21)16-13(22)15-9/h5,9H,6-7H2,1-4H3,(H,17,18)(H2,15,16,21,22)/t9-/m0/s1. The second-order valence-corrected chi connectivity index (χ2v) is 6.50. The summed E-state index contributed by atoms with van der Waals surface area (Å²) in [7, 11) is 1.65. The number of hydrogen-bond donors (Lipinski definition) is 3. The summed E-state index contributed by atoms with van der Waals surface area (Å²) in [6.07, 6.45) is -0.0612. The largest absolute Gasteiger partial charge is 0.340 e. The predicted octanol–water partition coefficient (Wildman–Crippen LogP) is 0.264. The predicted molar refractivity (Wildman–Crippen MR) is 78.8 cm³/mol. The van der Waals surface area contributed by atoms with Gasteiger partial charge in [-0.05, 0) is 6.07 Å². The maximum Gasteiger partial charge on any atom is 0.322 e. The van der Waals surface area contributed by atoms with Crippen molar-refractivity contribution in [1.29, 1.82) is 0 Å². The molecular weight excluding hydrogens is 286 g/mol. The highest BCUT2D eigenvalue weighted by molar-refractivity contribution is 6.05. The highest BCUT2D eigenvalue weighted by Gasteiger charge is 2.32. The molecule has 120 valence electrons. The number of aromatic amines is 1. The third kappa shape index (κ3) is 3.63. The Bertz CT molecular complexity index is 602.